The fourth-order valence-electron chi connectivity index (χ4n) is 5.67. The first-order chi connectivity index (χ1) is 24.3. The molecule has 4 aromatic carbocycles. The maximum Gasteiger partial charge on any atom is 0.266 e. The van der Waals surface area contributed by atoms with Crippen LogP contribution in [0.15, 0.2) is 113 Å². The summed E-state index contributed by atoms with van der Waals surface area (Å²) >= 11 is 0. The van der Waals surface area contributed by atoms with Crippen LogP contribution in [0, 0.1) is 0 Å². The topological polar surface area (TPSA) is 145 Å². The molecule has 0 aliphatic carbocycles. The van der Waals surface area contributed by atoms with Gasteiger partial charge in [-0.1, -0.05) is 48.5 Å². The van der Waals surface area contributed by atoms with Crippen molar-refractivity contribution in [3.05, 3.63) is 120 Å². The molecule has 264 valence electrons. The number of benzene rings is 4. The van der Waals surface area contributed by atoms with Crippen molar-refractivity contribution in [2.24, 2.45) is 4.99 Å². The molecular weight excluding hydrogens is 658 g/mol. The molecule has 1 aliphatic rings. The predicted molar refractivity (Wildman–Crippen MR) is 190 cm³/mol. The zero-order valence-electron chi connectivity index (χ0n) is 28.2. The first-order valence-corrected chi connectivity index (χ1v) is 18.2. The van der Waals surface area contributed by atoms with Gasteiger partial charge >= 0.3 is 0 Å². The quantitative estimate of drug-likeness (QED) is 0.0981. The van der Waals surface area contributed by atoms with Gasteiger partial charge in [0.2, 0.25) is 5.90 Å². The molecule has 12 heteroatoms. The Kier molecular flexibility index (Phi) is 12.5. The first-order valence-electron chi connectivity index (χ1n) is 16.6. The lowest BCUT2D eigenvalue weighted by molar-refractivity contribution is -0.130. The third kappa shape index (κ3) is 8.81. The minimum absolute atomic E-state index is 0.0218. The number of hydrazine groups is 1. The van der Waals surface area contributed by atoms with E-state index in [-0.39, 0.29) is 29.6 Å². The highest BCUT2D eigenvalue weighted by Crippen LogP contribution is 2.43. The average Bonchev–Trinajstić information content (AvgIpc) is 3.55. The van der Waals surface area contributed by atoms with E-state index in [9.17, 15) is 13.2 Å². The van der Waals surface area contributed by atoms with Gasteiger partial charge in [0.05, 0.1) is 31.0 Å². The van der Waals surface area contributed by atoms with Gasteiger partial charge in [-0.2, -0.15) is 0 Å². The zero-order chi connectivity index (χ0) is 35.4. The van der Waals surface area contributed by atoms with Crippen LogP contribution in [0.25, 0.3) is 0 Å². The summed E-state index contributed by atoms with van der Waals surface area (Å²) in [5.74, 6) is 1.17. The van der Waals surface area contributed by atoms with Crippen LogP contribution in [0.2, 0.25) is 0 Å². The minimum atomic E-state index is -3.81. The molecule has 11 nitrogen and oxygen atoms in total. The molecule has 0 unspecified atom stereocenters. The van der Waals surface area contributed by atoms with Gasteiger partial charge in [-0.3, -0.25) is 10.2 Å². The zero-order valence-corrected chi connectivity index (χ0v) is 29.0. The number of sulfone groups is 1. The summed E-state index contributed by atoms with van der Waals surface area (Å²) in [6.45, 7) is 3.20. The number of nitrogens with zero attached hydrogens (tertiary/aromatic N) is 1. The number of nitrogens with one attached hydrogen (secondary N) is 2. The highest BCUT2D eigenvalue weighted by Gasteiger charge is 2.53. The maximum absolute atomic E-state index is 14.5. The van der Waals surface area contributed by atoms with E-state index in [0.29, 0.717) is 55.2 Å². The maximum atomic E-state index is 14.5. The molecule has 0 saturated heterocycles. The lowest BCUT2D eigenvalue weighted by atomic mass is 9.85. The van der Waals surface area contributed by atoms with E-state index in [0.717, 1.165) is 11.3 Å². The van der Waals surface area contributed by atoms with Crippen LogP contribution in [-0.2, 0) is 25.8 Å². The van der Waals surface area contributed by atoms with Gasteiger partial charge in [0.15, 0.2) is 21.5 Å². The number of carbonyl (C=O) groups is 1. The molecule has 0 saturated carbocycles. The van der Waals surface area contributed by atoms with Crippen molar-refractivity contribution < 1.29 is 37.3 Å². The monoisotopic (exact) mass is 701 g/mol. The van der Waals surface area contributed by atoms with Gasteiger partial charge in [0.1, 0.15) is 17.2 Å². The summed E-state index contributed by atoms with van der Waals surface area (Å²) in [7, 11) is -2.26. The molecule has 1 heterocycles. The van der Waals surface area contributed by atoms with Gasteiger partial charge in [0.25, 0.3) is 5.91 Å². The van der Waals surface area contributed by atoms with Crippen LogP contribution in [0.4, 0.5) is 0 Å². The summed E-state index contributed by atoms with van der Waals surface area (Å²) in [5, 5.41) is 9.09. The van der Waals surface area contributed by atoms with Crippen LogP contribution < -0.4 is 25.1 Å². The lowest BCUT2D eigenvalue weighted by Crippen LogP contribution is -2.53. The van der Waals surface area contributed by atoms with Crippen molar-refractivity contribution >= 4 is 21.6 Å². The van der Waals surface area contributed by atoms with Gasteiger partial charge in [-0.05, 0) is 79.1 Å². The summed E-state index contributed by atoms with van der Waals surface area (Å²) < 4.78 is 50.6. The van der Waals surface area contributed by atoms with Crippen molar-refractivity contribution in [1.82, 2.24) is 10.9 Å². The van der Waals surface area contributed by atoms with E-state index in [4.69, 9.17) is 29.0 Å². The normalized spacial score (nSPS) is 17.0. The van der Waals surface area contributed by atoms with Crippen molar-refractivity contribution in [2.75, 3.05) is 39.2 Å². The molecule has 0 aromatic heterocycles. The second-order valence-electron chi connectivity index (χ2n) is 11.6. The number of aliphatic hydroxyl groups is 1. The largest absolute Gasteiger partial charge is 0.497 e. The van der Waals surface area contributed by atoms with Crippen LogP contribution in [-0.4, -0.2) is 70.1 Å². The van der Waals surface area contributed by atoms with E-state index in [1.54, 1.807) is 73.8 Å². The third-order valence-electron chi connectivity index (χ3n) is 8.27. The van der Waals surface area contributed by atoms with Gasteiger partial charge < -0.3 is 24.1 Å². The molecule has 0 bridgehead atoms. The fraction of sp³-hybridized carbons (Fsp3) is 0.316. The molecule has 0 fully saturated rings. The molecule has 5 rings (SSSR count). The second kappa shape index (κ2) is 17.1. The average molecular weight is 702 g/mol. The number of methoxy groups -OCH3 is 1. The Morgan fingerprint density at radius 1 is 0.940 bits per heavy atom. The Morgan fingerprint density at radius 2 is 1.70 bits per heavy atom. The van der Waals surface area contributed by atoms with Gasteiger partial charge in [-0.25, -0.2) is 18.8 Å². The molecule has 50 heavy (non-hydrogen) atoms. The molecule has 2 atom stereocenters. The second-order valence-corrected chi connectivity index (χ2v) is 13.7. The Labute approximate surface area is 293 Å². The standard InChI is InChI=1S/C38H43N3O8S/c1-3-47-34-16-8-7-11-28(34)21-23-39-41-37(43)38(22-26-50(44,45)33-14-5-4-6-15-33)35(30-12-9-13-32(27-30)46-2)49-36(40-38)29-17-19-31(20-18-29)48-25-10-24-42/h4-9,11-20,27,35,39,42H,3,10,21-26H2,1-2H3,(H,41,43)/t35-,38-/m0/s1. The Balaban J connectivity index is 1.49. The first kappa shape index (κ1) is 36.4. The minimum Gasteiger partial charge on any atom is -0.497 e. The highest BCUT2D eigenvalue weighted by molar-refractivity contribution is 7.91. The number of rotatable bonds is 18. The van der Waals surface area contributed by atoms with E-state index >= 15 is 0 Å². The molecule has 3 N–H and O–H groups in total. The van der Waals surface area contributed by atoms with E-state index in [1.165, 1.54) is 12.1 Å². The molecule has 4 aromatic rings. The molecule has 1 amide bonds. The Hall–Kier alpha value is -4.91. The number of para-hydroxylation sites is 1. The summed E-state index contributed by atoms with van der Waals surface area (Å²) in [4.78, 5) is 19.5. The number of aliphatic hydroxyl groups excluding tert-OH is 1. The SMILES string of the molecule is CCOc1ccccc1CCNNC(=O)[C@@]1(CCS(=O)(=O)c2ccccc2)N=C(c2ccc(OCCCO)cc2)O[C@H]1c1cccc(OC)c1. The number of ether oxygens (including phenoxy) is 4. The number of amides is 1. The van der Waals surface area contributed by atoms with Crippen LogP contribution in [0.1, 0.15) is 42.6 Å². The van der Waals surface area contributed by atoms with Crippen LogP contribution >= 0.6 is 0 Å². The predicted octanol–water partition coefficient (Wildman–Crippen LogP) is 4.84. The van der Waals surface area contributed by atoms with Crippen LogP contribution in [0.3, 0.4) is 0 Å². The highest BCUT2D eigenvalue weighted by atomic mass is 32.2. The number of carbonyl (C=O) groups excluding carboxylic acids is 1. The summed E-state index contributed by atoms with van der Waals surface area (Å²) in [5.41, 5.74) is 6.29. The molecule has 0 radical (unpaired) electrons. The Morgan fingerprint density at radius 3 is 2.44 bits per heavy atom. The van der Waals surface area contributed by atoms with Crippen molar-refractivity contribution in [3.63, 3.8) is 0 Å². The third-order valence-corrected chi connectivity index (χ3v) is 10.0. The number of hydrogen-bond donors (Lipinski definition) is 3. The van der Waals surface area contributed by atoms with Crippen molar-refractivity contribution in [2.45, 2.75) is 42.7 Å². The molecule has 1 aliphatic heterocycles. The van der Waals surface area contributed by atoms with E-state index in [2.05, 4.69) is 10.9 Å². The fourth-order valence-corrected chi connectivity index (χ4v) is 7.05. The van der Waals surface area contributed by atoms with E-state index < -0.39 is 27.4 Å². The molecule has 0 spiro atoms. The number of aliphatic imine (C=N–C) groups is 1. The van der Waals surface area contributed by atoms with Crippen LogP contribution in [0.5, 0.6) is 17.2 Å². The molecular formula is C38H43N3O8S. The summed E-state index contributed by atoms with van der Waals surface area (Å²) in [6, 6.07) is 30.0. The smallest absolute Gasteiger partial charge is 0.266 e. The lowest BCUT2D eigenvalue weighted by Gasteiger charge is -2.30. The van der Waals surface area contributed by atoms with Crippen molar-refractivity contribution in [3.8, 4) is 17.2 Å². The van der Waals surface area contributed by atoms with E-state index in [1.807, 2.05) is 31.2 Å². The van der Waals surface area contributed by atoms with Gasteiger partial charge in [-0.15, -0.1) is 0 Å². The Bertz CT molecular complexity index is 1850. The summed E-state index contributed by atoms with van der Waals surface area (Å²) in [6.07, 6.45) is -0.128. The van der Waals surface area contributed by atoms with Crippen molar-refractivity contribution in [1.29, 1.82) is 0 Å². The van der Waals surface area contributed by atoms with Gasteiger partial charge in [0, 0.05) is 31.6 Å². The number of hydrogen-bond acceptors (Lipinski definition) is 10.